The predicted molar refractivity (Wildman–Crippen MR) is 69.1 cm³/mol. The van der Waals surface area contributed by atoms with Crippen LogP contribution in [0.2, 0.25) is 0 Å². The largest absolute Gasteiger partial charge is 0.469 e. The van der Waals surface area contributed by atoms with E-state index in [0.717, 1.165) is 0 Å². The van der Waals surface area contributed by atoms with Gasteiger partial charge in [-0.1, -0.05) is 18.2 Å². The Morgan fingerprint density at radius 2 is 2.06 bits per heavy atom. The first-order valence-electron chi connectivity index (χ1n) is 5.53. The monoisotopic (exact) mass is 270 g/mol. The number of carbonyl (C=O) groups excluding carboxylic acids is 2. The van der Waals surface area contributed by atoms with E-state index in [4.69, 9.17) is 0 Å². The number of Topliss-reactive ketones (excluding diaryl/α,β-unsaturated/α-hetero) is 1. The van der Waals surface area contributed by atoms with Crippen LogP contribution in [-0.2, 0) is 20.7 Å². The van der Waals surface area contributed by atoms with Crippen LogP contribution < -0.4 is 0 Å². The highest BCUT2D eigenvalue weighted by atomic mass is 32.2. The molecule has 0 aliphatic rings. The molecule has 0 saturated heterocycles. The number of hydrogen-bond acceptors (Lipinski definition) is 4. The van der Waals surface area contributed by atoms with Crippen molar-refractivity contribution in [2.45, 2.75) is 12.8 Å². The predicted octanol–water partition coefficient (Wildman–Crippen LogP) is 2.23. The lowest BCUT2D eigenvalue weighted by Crippen LogP contribution is -2.08. The lowest BCUT2D eigenvalue weighted by Gasteiger charge is -2.02. The molecule has 0 aliphatic carbocycles. The summed E-state index contributed by atoms with van der Waals surface area (Å²) in [4.78, 5) is 22.4. The van der Waals surface area contributed by atoms with Gasteiger partial charge in [-0.2, -0.15) is 11.8 Å². The average molecular weight is 270 g/mol. The number of ether oxygens (including phenoxy) is 1. The van der Waals surface area contributed by atoms with Crippen LogP contribution in [-0.4, -0.2) is 30.4 Å². The van der Waals surface area contributed by atoms with Crippen LogP contribution in [0, 0.1) is 5.82 Å². The lowest BCUT2D eigenvalue weighted by atomic mass is 10.1. The summed E-state index contributed by atoms with van der Waals surface area (Å²) in [6.07, 6.45) is 0.381. The highest BCUT2D eigenvalue weighted by Gasteiger charge is 2.08. The number of rotatable bonds is 7. The topological polar surface area (TPSA) is 43.4 Å². The zero-order valence-electron chi connectivity index (χ0n) is 10.1. The van der Waals surface area contributed by atoms with Crippen LogP contribution in [0.5, 0.6) is 0 Å². The summed E-state index contributed by atoms with van der Waals surface area (Å²) < 4.78 is 17.8. The van der Waals surface area contributed by atoms with Crippen molar-refractivity contribution in [3.63, 3.8) is 0 Å². The molecule has 0 heterocycles. The van der Waals surface area contributed by atoms with Crippen molar-refractivity contribution in [2.75, 3.05) is 18.6 Å². The summed E-state index contributed by atoms with van der Waals surface area (Å²) in [6.45, 7) is 0. The lowest BCUT2D eigenvalue weighted by molar-refractivity contribution is -0.140. The molecule has 0 aliphatic heterocycles. The van der Waals surface area contributed by atoms with E-state index in [1.165, 1.54) is 24.9 Å². The molecule has 18 heavy (non-hydrogen) atoms. The number of hydrogen-bond donors (Lipinski definition) is 0. The highest BCUT2D eigenvalue weighted by molar-refractivity contribution is 7.99. The van der Waals surface area contributed by atoms with Crippen molar-refractivity contribution in [2.24, 2.45) is 0 Å². The number of carbonyl (C=O) groups is 2. The summed E-state index contributed by atoms with van der Waals surface area (Å²) in [5.74, 6) is 0.130. The summed E-state index contributed by atoms with van der Waals surface area (Å²) in [7, 11) is 1.33. The number of halogens is 1. The van der Waals surface area contributed by atoms with Crippen molar-refractivity contribution in [1.29, 1.82) is 0 Å². The minimum atomic E-state index is -0.356. The molecule has 1 aromatic carbocycles. The normalized spacial score (nSPS) is 10.1. The maximum absolute atomic E-state index is 13.3. The number of methoxy groups -OCH3 is 1. The van der Waals surface area contributed by atoms with Crippen LogP contribution in [0.25, 0.3) is 0 Å². The number of benzene rings is 1. The summed E-state index contributed by atoms with van der Waals surface area (Å²) in [5.41, 5.74) is 0.413. The molecule has 0 unspecified atom stereocenters. The van der Waals surface area contributed by atoms with E-state index in [2.05, 4.69) is 4.74 Å². The Morgan fingerprint density at radius 3 is 2.72 bits per heavy atom. The molecular formula is C13H15FO3S. The standard InChI is InChI=1S/C13H15FO3S/c1-17-13(16)6-7-18-9-11(15)8-10-4-2-3-5-12(10)14/h2-5H,6-9H2,1H3. The Hall–Kier alpha value is -1.36. The van der Waals surface area contributed by atoms with E-state index in [1.807, 2.05) is 0 Å². The summed E-state index contributed by atoms with van der Waals surface area (Å²) >= 11 is 1.36. The molecule has 0 bridgehead atoms. The molecule has 0 amide bonds. The Balaban J connectivity index is 2.26. The number of esters is 1. The van der Waals surface area contributed by atoms with Gasteiger partial charge in [0, 0.05) is 12.2 Å². The van der Waals surface area contributed by atoms with Crippen LogP contribution >= 0.6 is 11.8 Å². The summed E-state index contributed by atoms with van der Waals surface area (Å²) in [6, 6.07) is 6.24. The minimum Gasteiger partial charge on any atom is -0.469 e. The first-order valence-corrected chi connectivity index (χ1v) is 6.68. The van der Waals surface area contributed by atoms with Crippen molar-refractivity contribution in [1.82, 2.24) is 0 Å². The van der Waals surface area contributed by atoms with E-state index in [0.29, 0.717) is 11.3 Å². The second-order valence-corrected chi connectivity index (χ2v) is 4.79. The first-order chi connectivity index (χ1) is 8.63. The van der Waals surface area contributed by atoms with Crippen LogP contribution in [0.15, 0.2) is 24.3 Å². The second kappa shape index (κ2) is 7.87. The first kappa shape index (κ1) is 14.7. The van der Waals surface area contributed by atoms with Gasteiger partial charge in [-0.25, -0.2) is 4.39 Å². The molecule has 3 nitrogen and oxygen atoms in total. The van der Waals surface area contributed by atoms with Crippen LogP contribution in [0.4, 0.5) is 4.39 Å². The van der Waals surface area contributed by atoms with E-state index < -0.39 is 0 Å². The van der Waals surface area contributed by atoms with Gasteiger partial charge in [0.15, 0.2) is 0 Å². The van der Waals surface area contributed by atoms with Gasteiger partial charge in [-0.15, -0.1) is 0 Å². The number of ketones is 1. The number of thioether (sulfide) groups is 1. The molecule has 1 rings (SSSR count). The van der Waals surface area contributed by atoms with E-state index in [-0.39, 0.29) is 36.2 Å². The quantitative estimate of drug-likeness (QED) is 0.563. The zero-order chi connectivity index (χ0) is 13.4. The fourth-order valence-electron chi connectivity index (χ4n) is 1.35. The van der Waals surface area contributed by atoms with Gasteiger partial charge in [0.2, 0.25) is 0 Å². The smallest absolute Gasteiger partial charge is 0.306 e. The Morgan fingerprint density at radius 1 is 1.33 bits per heavy atom. The van der Waals surface area contributed by atoms with E-state index >= 15 is 0 Å². The molecule has 0 radical (unpaired) electrons. The third-order valence-corrected chi connectivity index (χ3v) is 3.31. The van der Waals surface area contributed by atoms with Gasteiger partial charge in [0.1, 0.15) is 11.6 Å². The van der Waals surface area contributed by atoms with Crippen molar-refractivity contribution in [3.8, 4) is 0 Å². The fourth-order valence-corrected chi connectivity index (χ4v) is 2.13. The molecule has 0 spiro atoms. The average Bonchev–Trinajstić information content (AvgIpc) is 2.37. The molecule has 98 valence electrons. The van der Waals surface area contributed by atoms with Gasteiger partial charge in [-0.05, 0) is 11.6 Å². The van der Waals surface area contributed by atoms with Crippen molar-refractivity contribution < 1.29 is 18.7 Å². The SMILES string of the molecule is COC(=O)CCSCC(=O)Cc1ccccc1F. The van der Waals surface area contributed by atoms with Crippen LogP contribution in [0.3, 0.4) is 0 Å². The van der Waals surface area contributed by atoms with Gasteiger partial charge in [0.05, 0.1) is 19.3 Å². The molecule has 5 heteroatoms. The van der Waals surface area contributed by atoms with E-state index in [9.17, 15) is 14.0 Å². The maximum Gasteiger partial charge on any atom is 0.306 e. The molecule has 0 N–H and O–H groups in total. The molecule has 0 atom stereocenters. The van der Waals surface area contributed by atoms with Gasteiger partial charge < -0.3 is 4.74 Å². The van der Waals surface area contributed by atoms with Crippen LogP contribution in [0.1, 0.15) is 12.0 Å². The molecule has 0 aromatic heterocycles. The minimum absolute atomic E-state index is 0.0463. The van der Waals surface area contributed by atoms with Gasteiger partial charge in [-0.3, -0.25) is 9.59 Å². The zero-order valence-corrected chi connectivity index (χ0v) is 11.0. The molecule has 0 saturated carbocycles. The third kappa shape index (κ3) is 5.31. The highest BCUT2D eigenvalue weighted by Crippen LogP contribution is 2.10. The Kier molecular flexibility index (Phi) is 6.43. The third-order valence-electron chi connectivity index (χ3n) is 2.29. The van der Waals surface area contributed by atoms with Crippen molar-refractivity contribution in [3.05, 3.63) is 35.6 Å². The fraction of sp³-hybridized carbons (Fsp3) is 0.385. The van der Waals surface area contributed by atoms with E-state index in [1.54, 1.807) is 18.2 Å². The summed E-state index contributed by atoms with van der Waals surface area (Å²) in [5, 5.41) is 0. The van der Waals surface area contributed by atoms with Gasteiger partial charge in [0.25, 0.3) is 0 Å². The maximum atomic E-state index is 13.3. The Bertz CT molecular complexity index is 420. The van der Waals surface area contributed by atoms with Gasteiger partial charge >= 0.3 is 5.97 Å². The molecule has 1 aromatic rings. The van der Waals surface area contributed by atoms with Crippen molar-refractivity contribution >= 4 is 23.5 Å². The molecule has 0 fully saturated rings. The Labute approximate surface area is 110 Å². The second-order valence-electron chi connectivity index (χ2n) is 3.69. The molecular weight excluding hydrogens is 255 g/mol.